The summed E-state index contributed by atoms with van der Waals surface area (Å²) in [5, 5.41) is 2.73. The van der Waals surface area contributed by atoms with E-state index in [4.69, 9.17) is 0 Å². The van der Waals surface area contributed by atoms with Gasteiger partial charge in [0.2, 0.25) is 0 Å². The highest BCUT2D eigenvalue weighted by atomic mass is 19.1. The fourth-order valence-electron chi connectivity index (χ4n) is 2.21. The number of aromatic nitrogens is 1. The minimum atomic E-state index is -0.347. The number of anilines is 1. The van der Waals surface area contributed by atoms with Gasteiger partial charge in [0, 0.05) is 23.1 Å². The summed E-state index contributed by atoms with van der Waals surface area (Å²) in [7, 11) is 0. The van der Waals surface area contributed by atoms with Crippen molar-refractivity contribution in [3.05, 3.63) is 52.6 Å². The van der Waals surface area contributed by atoms with Crippen molar-refractivity contribution in [3.8, 4) is 0 Å². The molecule has 19 heavy (non-hydrogen) atoms. The number of halogens is 1. The number of carbonyl (C=O) groups is 1. The Morgan fingerprint density at radius 1 is 1.26 bits per heavy atom. The van der Waals surface area contributed by atoms with E-state index in [1.165, 1.54) is 12.1 Å². The number of nitrogens with one attached hydrogen (secondary N) is 2. The second kappa shape index (κ2) is 4.09. The number of hydrogen-bond donors (Lipinski definition) is 2. The summed E-state index contributed by atoms with van der Waals surface area (Å²) in [5.74, 6) is -0.548. The fourth-order valence-corrected chi connectivity index (χ4v) is 2.21. The molecule has 0 saturated heterocycles. The maximum absolute atomic E-state index is 13.3. The van der Waals surface area contributed by atoms with E-state index in [9.17, 15) is 9.18 Å². The van der Waals surface area contributed by atoms with Gasteiger partial charge in [-0.05, 0) is 49.2 Å². The minimum Gasteiger partial charge on any atom is -0.361 e. The van der Waals surface area contributed by atoms with Crippen LogP contribution in [0.3, 0.4) is 0 Å². The molecule has 0 spiro atoms. The molecule has 0 radical (unpaired) electrons. The van der Waals surface area contributed by atoms with Crippen LogP contribution >= 0.6 is 0 Å². The predicted octanol–water partition coefficient (Wildman–Crippen LogP) is 3.26. The summed E-state index contributed by atoms with van der Waals surface area (Å²) in [6.45, 7) is 3.98. The van der Waals surface area contributed by atoms with Crippen molar-refractivity contribution in [1.82, 2.24) is 4.98 Å². The molecule has 2 N–H and O–H groups in total. The third kappa shape index (κ3) is 1.85. The third-order valence-corrected chi connectivity index (χ3v) is 3.49. The van der Waals surface area contributed by atoms with Crippen molar-refractivity contribution < 1.29 is 9.18 Å². The Hall–Kier alpha value is -2.36. The summed E-state index contributed by atoms with van der Waals surface area (Å²) in [6, 6.07) is 4.30. The van der Waals surface area contributed by atoms with Gasteiger partial charge in [-0.1, -0.05) is 0 Å². The molecule has 96 valence electrons. The molecular formula is C15H13FN2O. The van der Waals surface area contributed by atoms with Crippen LogP contribution in [0.2, 0.25) is 0 Å². The highest BCUT2D eigenvalue weighted by molar-refractivity contribution is 6.34. The highest BCUT2D eigenvalue weighted by Gasteiger charge is 2.24. The third-order valence-electron chi connectivity index (χ3n) is 3.49. The molecule has 0 saturated carbocycles. The van der Waals surface area contributed by atoms with Crippen LogP contribution in [0.1, 0.15) is 22.4 Å². The van der Waals surface area contributed by atoms with Crippen LogP contribution in [0.4, 0.5) is 10.1 Å². The first-order chi connectivity index (χ1) is 9.06. The molecule has 1 aromatic carbocycles. The van der Waals surface area contributed by atoms with Crippen molar-refractivity contribution in [2.24, 2.45) is 0 Å². The Kier molecular flexibility index (Phi) is 2.52. The number of carbonyl (C=O) groups excluding carboxylic acids is 1. The monoisotopic (exact) mass is 256 g/mol. The van der Waals surface area contributed by atoms with Gasteiger partial charge in [-0.2, -0.15) is 0 Å². The zero-order valence-electron chi connectivity index (χ0n) is 10.7. The molecule has 2 aromatic rings. The number of hydrogen-bond acceptors (Lipinski definition) is 1. The number of aryl methyl sites for hydroxylation is 1. The van der Waals surface area contributed by atoms with E-state index in [1.54, 1.807) is 12.1 Å². The SMILES string of the molecule is Cc1c[nH]c(/C=C2\C(=O)Nc3ccc(F)cc32)c1C. The molecule has 0 unspecified atom stereocenters. The Labute approximate surface area is 110 Å². The molecule has 1 amide bonds. The first kappa shape index (κ1) is 11.7. The van der Waals surface area contributed by atoms with Gasteiger partial charge in [-0.3, -0.25) is 4.79 Å². The van der Waals surface area contributed by atoms with Gasteiger partial charge in [0.25, 0.3) is 5.91 Å². The number of fused-ring (bicyclic) bond motifs is 1. The number of H-pyrrole nitrogens is 1. The largest absolute Gasteiger partial charge is 0.361 e. The molecule has 0 fully saturated rings. The molecule has 1 aliphatic rings. The predicted molar refractivity (Wildman–Crippen MR) is 73.2 cm³/mol. The van der Waals surface area contributed by atoms with Crippen LogP contribution in [-0.4, -0.2) is 10.9 Å². The maximum atomic E-state index is 13.3. The average Bonchev–Trinajstić information content (AvgIpc) is 2.85. The van der Waals surface area contributed by atoms with Gasteiger partial charge in [-0.15, -0.1) is 0 Å². The first-order valence-corrected chi connectivity index (χ1v) is 6.04. The van der Waals surface area contributed by atoms with Gasteiger partial charge >= 0.3 is 0 Å². The van der Waals surface area contributed by atoms with Crippen LogP contribution < -0.4 is 5.32 Å². The zero-order chi connectivity index (χ0) is 13.6. The Morgan fingerprint density at radius 2 is 2.05 bits per heavy atom. The molecule has 3 rings (SSSR count). The smallest absolute Gasteiger partial charge is 0.256 e. The van der Waals surface area contributed by atoms with Crippen LogP contribution in [0.15, 0.2) is 24.4 Å². The normalized spacial score (nSPS) is 15.7. The van der Waals surface area contributed by atoms with E-state index in [1.807, 2.05) is 20.0 Å². The number of rotatable bonds is 1. The Bertz CT molecular complexity index is 713. The van der Waals surface area contributed by atoms with E-state index in [2.05, 4.69) is 10.3 Å². The van der Waals surface area contributed by atoms with E-state index < -0.39 is 0 Å². The standard InChI is InChI=1S/C15H13FN2O/c1-8-7-17-14(9(8)2)6-12-11-5-10(16)3-4-13(11)18-15(12)19/h3-7,17H,1-2H3,(H,18,19)/b12-6-. The Balaban J connectivity index is 2.14. The van der Waals surface area contributed by atoms with Gasteiger partial charge < -0.3 is 10.3 Å². The maximum Gasteiger partial charge on any atom is 0.256 e. The lowest BCUT2D eigenvalue weighted by atomic mass is 10.0. The van der Waals surface area contributed by atoms with Crippen molar-refractivity contribution in [2.75, 3.05) is 5.32 Å². The van der Waals surface area contributed by atoms with E-state index >= 15 is 0 Å². The van der Waals surface area contributed by atoms with Crippen LogP contribution in [-0.2, 0) is 4.79 Å². The van der Waals surface area contributed by atoms with E-state index in [-0.39, 0.29) is 11.7 Å². The molecule has 2 heterocycles. The Morgan fingerprint density at radius 3 is 2.74 bits per heavy atom. The molecule has 0 aliphatic carbocycles. The first-order valence-electron chi connectivity index (χ1n) is 6.04. The van der Waals surface area contributed by atoms with Crippen LogP contribution in [0.25, 0.3) is 11.6 Å². The van der Waals surface area contributed by atoms with Crippen molar-refractivity contribution in [1.29, 1.82) is 0 Å². The van der Waals surface area contributed by atoms with Gasteiger partial charge in [0.15, 0.2) is 0 Å². The number of amides is 1. The zero-order valence-corrected chi connectivity index (χ0v) is 10.7. The second-order valence-electron chi connectivity index (χ2n) is 4.71. The lowest BCUT2D eigenvalue weighted by molar-refractivity contribution is -0.110. The van der Waals surface area contributed by atoms with E-state index in [0.717, 1.165) is 16.8 Å². The number of aromatic amines is 1. The second-order valence-corrected chi connectivity index (χ2v) is 4.71. The summed E-state index contributed by atoms with van der Waals surface area (Å²) < 4.78 is 13.3. The summed E-state index contributed by atoms with van der Waals surface area (Å²) in [4.78, 5) is 15.1. The quantitative estimate of drug-likeness (QED) is 0.756. The topological polar surface area (TPSA) is 44.9 Å². The number of benzene rings is 1. The molecule has 1 aromatic heterocycles. The summed E-state index contributed by atoms with van der Waals surface area (Å²) in [5.41, 5.74) is 4.84. The molecule has 1 aliphatic heterocycles. The molecule has 3 nitrogen and oxygen atoms in total. The lowest BCUT2D eigenvalue weighted by Gasteiger charge is -1.99. The molecule has 0 bridgehead atoms. The van der Waals surface area contributed by atoms with Crippen molar-refractivity contribution >= 4 is 23.2 Å². The fraction of sp³-hybridized carbons (Fsp3) is 0.133. The average molecular weight is 256 g/mol. The van der Waals surface area contributed by atoms with Gasteiger partial charge in [0.1, 0.15) is 5.82 Å². The summed E-state index contributed by atoms with van der Waals surface area (Å²) >= 11 is 0. The molecule has 4 heteroatoms. The van der Waals surface area contributed by atoms with Crippen molar-refractivity contribution in [3.63, 3.8) is 0 Å². The minimum absolute atomic E-state index is 0.202. The van der Waals surface area contributed by atoms with Crippen molar-refractivity contribution in [2.45, 2.75) is 13.8 Å². The van der Waals surface area contributed by atoms with Gasteiger partial charge in [-0.25, -0.2) is 4.39 Å². The molecular weight excluding hydrogens is 243 g/mol. The molecule has 0 atom stereocenters. The lowest BCUT2D eigenvalue weighted by Crippen LogP contribution is -2.03. The summed E-state index contributed by atoms with van der Waals surface area (Å²) in [6.07, 6.45) is 3.66. The van der Waals surface area contributed by atoms with Crippen LogP contribution in [0, 0.1) is 19.7 Å². The highest BCUT2D eigenvalue weighted by Crippen LogP contribution is 2.33. The van der Waals surface area contributed by atoms with E-state index in [0.29, 0.717) is 16.8 Å². The van der Waals surface area contributed by atoms with Crippen LogP contribution in [0.5, 0.6) is 0 Å². The van der Waals surface area contributed by atoms with Gasteiger partial charge in [0.05, 0.1) is 5.57 Å².